The maximum atomic E-state index is 11.3. The highest BCUT2D eigenvalue weighted by Gasteiger charge is 2.02. The van der Waals surface area contributed by atoms with E-state index in [2.05, 4.69) is 16.4 Å². The lowest BCUT2D eigenvalue weighted by Gasteiger charge is -2.08. The molecular formula is C20H19N3O2. The molecule has 3 N–H and O–H groups in total. The number of para-hydroxylation sites is 1. The fraction of sp³-hybridized carbons (Fsp3) is 0.100. The smallest absolute Gasteiger partial charge is 0.274 e. The van der Waals surface area contributed by atoms with E-state index in [0.29, 0.717) is 12.1 Å². The number of nitrogens with zero attached hydrogens (tertiary/aromatic N) is 1. The highest BCUT2D eigenvalue weighted by molar-refractivity contribution is 5.93. The molecule has 0 unspecified atom stereocenters. The third-order valence-electron chi connectivity index (χ3n) is 3.85. The number of hydrogen-bond acceptors (Lipinski definition) is 4. The zero-order valence-electron chi connectivity index (χ0n) is 13.9. The molecule has 5 heteroatoms. The first-order valence-corrected chi connectivity index (χ1v) is 7.96. The molecule has 1 amide bonds. The summed E-state index contributed by atoms with van der Waals surface area (Å²) in [6.07, 6.45) is 3.88. The minimum absolute atomic E-state index is 0.415. The molecule has 0 saturated carbocycles. The van der Waals surface area contributed by atoms with Gasteiger partial charge in [0.15, 0.2) is 0 Å². The second kappa shape index (κ2) is 7.59. The fourth-order valence-corrected chi connectivity index (χ4v) is 2.54. The van der Waals surface area contributed by atoms with Crippen molar-refractivity contribution in [1.29, 1.82) is 0 Å². The maximum absolute atomic E-state index is 11.3. The molecule has 2 aromatic carbocycles. The van der Waals surface area contributed by atoms with Gasteiger partial charge >= 0.3 is 0 Å². The van der Waals surface area contributed by atoms with Gasteiger partial charge < -0.3 is 5.32 Å². The summed E-state index contributed by atoms with van der Waals surface area (Å²) in [5.74, 6) is -0.516. The van der Waals surface area contributed by atoms with Crippen LogP contribution in [0.25, 0.3) is 17.0 Å². The first kappa shape index (κ1) is 16.7. The van der Waals surface area contributed by atoms with Crippen LogP contribution < -0.4 is 10.8 Å². The average Bonchev–Trinajstić information content (AvgIpc) is 2.66. The first-order chi connectivity index (χ1) is 12.2. The van der Waals surface area contributed by atoms with Crippen molar-refractivity contribution in [3.63, 3.8) is 0 Å². The van der Waals surface area contributed by atoms with Gasteiger partial charge in [0.25, 0.3) is 5.91 Å². The van der Waals surface area contributed by atoms with Gasteiger partial charge in [0.1, 0.15) is 0 Å². The van der Waals surface area contributed by atoms with Crippen LogP contribution in [0.3, 0.4) is 0 Å². The van der Waals surface area contributed by atoms with Crippen molar-refractivity contribution >= 4 is 28.6 Å². The van der Waals surface area contributed by atoms with Crippen LogP contribution in [0.1, 0.15) is 22.8 Å². The molecule has 0 bridgehead atoms. The van der Waals surface area contributed by atoms with E-state index in [-0.39, 0.29) is 0 Å². The molecule has 0 aliphatic rings. The van der Waals surface area contributed by atoms with Gasteiger partial charge in [-0.2, -0.15) is 0 Å². The van der Waals surface area contributed by atoms with Crippen LogP contribution in [0.5, 0.6) is 0 Å². The van der Waals surface area contributed by atoms with Gasteiger partial charge in [0.05, 0.1) is 17.4 Å². The Morgan fingerprint density at radius 2 is 1.92 bits per heavy atom. The predicted octanol–water partition coefficient (Wildman–Crippen LogP) is 3.87. The summed E-state index contributed by atoms with van der Waals surface area (Å²) in [4.78, 5) is 15.7. The standard InChI is InChI=1S/C20H19N3O2/c1-14(10-15-6-8-16(9-7-15)20(24)23-25)12-21-18-11-17-4-2-3-5-19(17)22-13-18/h2-11,13,21,25H,12H2,1H3,(H,23,24). The lowest BCUT2D eigenvalue weighted by Crippen LogP contribution is -2.18. The quantitative estimate of drug-likeness (QED) is 0.489. The van der Waals surface area contributed by atoms with Crippen LogP contribution in [0.15, 0.2) is 66.4 Å². The largest absolute Gasteiger partial charge is 0.380 e. The Bertz CT molecular complexity index is 918. The Kier molecular flexibility index (Phi) is 5.06. The predicted molar refractivity (Wildman–Crippen MR) is 99.6 cm³/mol. The van der Waals surface area contributed by atoms with Crippen molar-refractivity contribution in [1.82, 2.24) is 10.5 Å². The lowest BCUT2D eigenvalue weighted by atomic mass is 10.1. The molecule has 0 fully saturated rings. The van der Waals surface area contributed by atoms with E-state index in [0.717, 1.165) is 27.7 Å². The number of hydroxylamine groups is 1. The molecule has 0 atom stereocenters. The fourth-order valence-electron chi connectivity index (χ4n) is 2.54. The molecule has 3 aromatic rings. The Morgan fingerprint density at radius 3 is 2.68 bits per heavy atom. The van der Waals surface area contributed by atoms with Crippen molar-refractivity contribution in [2.75, 3.05) is 11.9 Å². The van der Waals surface area contributed by atoms with E-state index in [1.165, 1.54) is 0 Å². The van der Waals surface area contributed by atoms with Gasteiger partial charge in [0.2, 0.25) is 0 Å². The molecule has 0 aliphatic heterocycles. The maximum Gasteiger partial charge on any atom is 0.274 e. The number of amides is 1. The van der Waals surface area contributed by atoms with Crippen LogP contribution in [0.4, 0.5) is 5.69 Å². The van der Waals surface area contributed by atoms with Crippen LogP contribution in [-0.4, -0.2) is 22.6 Å². The second-order valence-electron chi connectivity index (χ2n) is 5.82. The SMILES string of the molecule is CC(=Cc1ccc(C(=O)NO)cc1)CNc1cnc2ccccc2c1. The Hall–Kier alpha value is -3.18. The number of rotatable bonds is 5. The number of benzene rings is 2. The molecule has 0 spiro atoms. The van der Waals surface area contributed by atoms with Crippen molar-refractivity contribution in [2.45, 2.75) is 6.92 Å². The number of carbonyl (C=O) groups is 1. The summed E-state index contributed by atoms with van der Waals surface area (Å²) in [5, 5.41) is 13.1. The number of fused-ring (bicyclic) bond motifs is 1. The van der Waals surface area contributed by atoms with Crippen LogP contribution in [0, 0.1) is 0 Å². The average molecular weight is 333 g/mol. The zero-order chi connectivity index (χ0) is 17.6. The lowest BCUT2D eigenvalue weighted by molar-refractivity contribution is 0.0706. The summed E-state index contributed by atoms with van der Waals surface area (Å²) in [5.41, 5.74) is 6.13. The van der Waals surface area contributed by atoms with E-state index in [1.54, 1.807) is 17.6 Å². The highest BCUT2D eigenvalue weighted by atomic mass is 16.5. The number of nitrogens with one attached hydrogen (secondary N) is 2. The summed E-state index contributed by atoms with van der Waals surface area (Å²) in [6.45, 7) is 2.73. The molecule has 0 radical (unpaired) electrons. The van der Waals surface area contributed by atoms with Crippen molar-refractivity contribution in [2.24, 2.45) is 0 Å². The molecule has 1 heterocycles. The van der Waals surface area contributed by atoms with Gasteiger partial charge in [-0.25, -0.2) is 5.48 Å². The summed E-state index contributed by atoms with van der Waals surface area (Å²) >= 11 is 0. The number of anilines is 1. The van der Waals surface area contributed by atoms with E-state index in [4.69, 9.17) is 5.21 Å². The summed E-state index contributed by atoms with van der Waals surface area (Å²) in [6, 6.07) is 17.1. The van der Waals surface area contributed by atoms with Crippen LogP contribution in [-0.2, 0) is 0 Å². The normalized spacial score (nSPS) is 11.4. The molecule has 1 aromatic heterocycles. The Labute approximate surface area is 146 Å². The number of pyridine rings is 1. The Morgan fingerprint density at radius 1 is 1.16 bits per heavy atom. The monoisotopic (exact) mass is 333 g/mol. The third-order valence-corrected chi connectivity index (χ3v) is 3.85. The highest BCUT2D eigenvalue weighted by Crippen LogP contribution is 2.16. The minimum atomic E-state index is -0.516. The molecule has 0 aliphatic carbocycles. The van der Waals surface area contributed by atoms with Crippen LogP contribution in [0.2, 0.25) is 0 Å². The number of aromatic nitrogens is 1. The number of hydrogen-bond donors (Lipinski definition) is 3. The van der Waals surface area contributed by atoms with Crippen molar-refractivity contribution in [3.8, 4) is 0 Å². The molecule has 0 saturated heterocycles. The number of carbonyl (C=O) groups excluding carboxylic acids is 1. The molecule has 3 rings (SSSR count). The van der Waals surface area contributed by atoms with E-state index in [1.807, 2.05) is 55.6 Å². The molecule has 126 valence electrons. The molecule has 5 nitrogen and oxygen atoms in total. The Balaban J connectivity index is 1.65. The minimum Gasteiger partial charge on any atom is -0.380 e. The van der Waals surface area contributed by atoms with E-state index >= 15 is 0 Å². The van der Waals surface area contributed by atoms with Gasteiger partial charge in [-0.05, 0) is 36.8 Å². The van der Waals surface area contributed by atoms with Gasteiger partial charge in [-0.15, -0.1) is 0 Å². The summed E-state index contributed by atoms with van der Waals surface area (Å²) < 4.78 is 0. The van der Waals surface area contributed by atoms with Gasteiger partial charge in [-0.3, -0.25) is 15.0 Å². The molecular weight excluding hydrogens is 314 g/mol. The second-order valence-corrected chi connectivity index (χ2v) is 5.82. The topological polar surface area (TPSA) is 74.2 Å². The zero-order valence-corrected chi connectivity index (χ0v) is 13.9. The first-order valence-electron chi connectivity index (χ1n) is 7.96. The van der Waals surface area contributed by atoms with Crippen molar-refractivity contribution in [3.05, 3.63) is 77.5 Å². The van der Waals surface area contributed by atoms with E-state index in [9.17, 15) is 4.79 Å². The summed E-state index contributed by atoms with van der Waals surface area (Å²) in [7, 11) is 0. The van der Waals surface area contributed by atoms with Crippen molar-refractivity contribution < 1.29 is 10.0 Å². The molecule has 25 heavy (non-hydrogen) atoms. The van der Waals surface area contributed by atoms with Crippen LogP contribution >= 0.6 is 0 Å². The van der Waals surface area contributed by atoms with E-state index < -0.39 is 5.91 Å². The van der Waals surface area contributed by atoms with Gasteiger partial charge in [0, 0.05) is 17.5 Å². The third kappa shape index (κ3) is 4.22. The van der Waals surface area contributed by atoms with Gasteiger partial charge in [-0.1, -0.05) is 42.0 Å².